The van der Waals surface area contributed by atoms with Gasteiger partial charge in [-0.3, -0.25) is 0 Å². The Kier molecular flexibility index (Phi) is 4.44. The molecular weight excluding hydrogens is 236 g/mol. The third-order valence-corrected chi connectivity index (χ3v) is 3.95. The predicted octanol–water partition coefficient (Wildman–Crippen LogP) is 3.51. The standard InChI is InChI=1S/C16H22N2O/c1-3-16(2)12-15(9-11-19-16)18-14-6-4-13(5-7-14)8-10-17/h4-7,15,18H,3,8-9,11-12H2,1-2H3. The van der Waals surface area contributed by atoms with Crippen molar-refractivity contribution < 1.29 is 4.74 Å². The van der Waals surface area contributed by atoms with Crippen LogP contribution in [0.4, 0.5) is 5.69 Å². The van der Waals surface area contributed by atoms with Crippen molar-refractivity contribution in [2.45, 2.75) is 51.2 Å². The number of ether oxygens (including phenoxy) is 1. The predicted molar refractivity (Wildman–Crippen MR) is 77.1 cm³/mol. The second-order valence-electron chi connectivity index (χ2n) is 5.52. The molecule has 19 heavy (non-hydrogen) atoms. The second kappa shape index (κ2) is 6.08. The quantitative estimate of drug-likeness (QED) is 0.898. The molecule has 0 aromatic heterocycles. The molecule has 1 N–H and O–H groups in total. The number of nitrogens with one attached hydrogen (secondary N) is 1. The van der Waals surface area contributed by atoms with Crippen LogP contribution in [-0.4, -0.2) is 18.2 Å². The van der Waals surface area contributed by atoms with Crippen LogP contribution in [0, 0.1) is 11.3 Å². The maximum absolute atomic E-state index is 8.66. The lowest BCUT2D eigenvalue weighted by atomic mass is 9.90. The van der Waals surface area contributed by atoms with Gasteiger partial charge in [-0.05, 0) is 43.9 Å². The highest BCUT2D eigenvalue weighted by molar-refractivity contribution is 5.46. The van der Waals surface area contributed by atoms with Gasteiger partial charge in [-0.2, -0.15) is 5.26 Å². The molecule has 0 spiro atoms. The zero-order valence-corrected chi connectivity index (χ0v) is 11.8. The first kappa shape index (κ1) is 13.9. The first-order valence-electron chi connectivity index (χ1n) is 7.01. The van der Waals surface area contributed by atoms with Crippen molar-refractivity contribution >= 4 is 5.69 Å². The first-order valence-corrected chi connectivity index (χ1v) is 7.01. The number of hydrogen-bond donors (Lipinski definition) is 1. The van der Waals surface area contributed by atoms with E-state index < -0.39 is 0 Å². The fourth-order valence-corrected chi connectivity index (χ4v) is 2.55. The SMILES string of the molecule is CCC1(C)CC(Nc2ccc(CC#N)cc2)CCO1. The summed E-state index contributed by atoms with van der Waals surface area (Å²) in [5.41, 5.74) is 2.21. The molecule has 0 bridgehead atoms. The smallest absolute Gasteiger partial charge is 0.0671 e. The van der Waals surface area contributed by atoms with Gasteiger partial charge in [0.15, 0.2) is 0 Å². The first-order chi connectivity index (χ1) is 9.15. The van der Waals surface area contributed by atoms with E-state index in [0.29, 0.717) is 12.5 Å². The third kappa shape index (κ3) is 3.71. The zero-order chi connectivity index (χ0) is 13.7. The fraction of sp³-hybridized carbons (Fsp3) is 0.562. The van der Waals surface area contributed by atoms with Gasteiger partial charge in [-0.15, -0.1) is 0 Å². The van der Waals surface area contributed by atoms with E-state index in [2.05, 4.69) is 37.4 Å². The van der Waals surface area contributed by atoms with Gasteiger partial charge >= 0.3 is 0 Å². The van der Waals surface area contributed by atoms with E-state index in [1.54, 1.807) is 0 Å². The minimum atomic E-state index is 0.0106. The van der Waals surface area contributed by atoms with E-state index >= 15 is 0 Å². The molecule has 2 unspecified atom stereocenters. The minimum absolute atomic E-state index is 0.0106. The van der Waals surface area contributed by atoms with Crippen molar-refractivity contribution in [3.05, 3.63) is 29.8 Å². The monoisotopic (exact) mass is 258 g/mol. The van der Waals surface area contributed by atoms with Gasteiger partial charge in [0.25, 0.3) is 0 Å². The lowest BCUT2D eigenvalue weighted by Gasteiger charge is -2.38. The van der Waals surface area contributed by atoms with Crippen molar-refractivity contribution in [3.63, 3.8) is 0 Å². The number of hydrogen-bond acceptors (Lipinski definition) is 3. The van der Waals surface area contributed by atoms with Crippen molar-refractivity contribution in [1.29, 1.82) is 5.26 Å². The second-order valence-corrected chi connectivity index (χ2v) is 5.52. The Morgan fingerprint density at radius 2 is 2.16 bits per heavy atom. The summed E-state index contributed by atoms with van der Waals surface area (Å²) in [5.74, 6) is 0. The van der Waals surface area contributed by atoms with Crippen LogP contribution in [0.2, 0.25) is 0 Å². The Hall–Kier alpha value is -1.53. The van der Waals surface area contributed by atoms with Crippen LogP contribution in [-0.2, 0) is 11.2 Å². The molecule has 0 aliphatic carbocycles. The summed E-state index contributed by atoms with van der Waals surface area (Å²) in [6.45, 7) is 5.20. The molecule has 1 saturated heterocycles. The van der Waals surface area contributed by atoms with Crippen LogP contribution in [0.1, 0.15) is 38.7 Å². The van der Waals surface area contributed by atoms with Crippen LogP contribution in [0.3, 0.4) is 0 Å². The lowest BCUT2D eigenvalue weighted by molar-refractivity contribution is -0.0708. The highest BCUT2D eigenvalue weighted by atomic mass is 16.5. The number of anilines is 1. The Balaban J connectivity index is 1.95. The van der Waals surface area contributed by atoms with Gasteiger partial charge in [0, 0.05) is 18.3 Å². The minimum Gasteiger partial charge on any atom is -0.382 e. The van der Waals surface area contributed by atoms with E-state index in [0.717, 1.165) is 37.1 Å². The molecule has 2 rings (SSSR count). The molecule has 102 valence electrons. The average Bonchev–Trinajstić information content (AvgIpc) is 2.42. The Bertz CT molecular complexity index is 449. The largest absolute Gasteiger partial charge is 0.382 e. The molecule has 1 aliphatic rings. The van der Waals surface area contributed by atoms with Crippen molar-refractivity contribution in [3.8, 4) is 6.07 Å². The Labute approximate surface area is 115 Å². The molecular formula is C16H22N2O. The van der Waals surface area contributed by atoms with Crippen LogP contribution in [0.25, 0.3) is 0 Å². The van der Waals surface area contributed by atoms with E-state index in [4.69, 9.17) is 10.00 Å². The Morgan fingerprint density at radius 1 is 1.42 bits per heavy atom. The molecule has 2 atom stereocenters. The van der Waals surface area contributed by atoms with Gasteiger partial charge in [-0.25, -0.2) is 0 Å². The summed E-state index contributed by atoms with van der Waals surface area (Å²) in [6, 6.07) is 10.8. The molecule has 1 aliphatic heterocycles. The van der Waals surface area contributed by atoms with E-state index in [1.807, 2.05) is 12.1 Å². The van der Waals surface area contributed by atoms with Crippen LogP contribution >= 0.6 is 0 Å². The molecule has 3 nitrogen and oxygen atoms in total. The van der Waals surface area contributed by atoms with Gasteiger partial charge in [0.05, 0.1) is 18.1 Å². The summed E-state index contributed by atoms with van der Waals surface area (Å²) >= 11 is 0. The summed E-state index contributed by atoms with van der Waals surface area (Å²) < 4.78 is 5.86. The zero-order valence-electron chi connectivity index (χ0n) is 11.8. The molecule has 1 heterocycles. The number of rotatable bonds is 4. The molecule has 0 amide bonds. The fourth-order valence-electron chi connectivity index (χ4n) is 2.55. The summed E-state index contributed by atoms with van der Waals surface area (Å²) in [7, 11) is 0. The average molecular weight is 258 g/mol. The van der Waals surface area contributed by atoms with Crippen molar-refractivity contribution in [1.82, 2.24) is 0 Å². The highest BCUT2D eigenvalue weighted by Gasteiger charge is 2.31. The molecule has 0 saturated carbocycles. The molecule has 1 fully saturated rings. The number of nitriles is 1. The van der Waals surface area contributed by atoms with Gasteiger partial charge in [0.2, 0.25) is 0 Å². The summed E-state index contributed by atoms with van der Waals surface area (Å²) in [5, 5.41) is 12.2. The van der Waals surface area contributed by atoms with Gasteiger partial charge in [-0.1, -0.05) is 19.1 Å². The summed E-state index contributed by atoms with van der Waals surface area (Å²) in [4.78, 5) is 0. The molecule has 0 radical (unpaired) electrons. The number of benzene rings is 1. The molecule has 3 heteroatoms. The van der Waals surface area contributed by atoms with Crippen molar-refractivity contribution in [2.24, 2.45) is 0 Å². The van der Waals surface area contributed by atoms with E-state index in [9.17, 15) is 0 Å². The molecule has 1 aromatic carbocycles. The van der Waals surface area contributed by atoms with E-state index in [-0.39, 0.29) is 5.60 Å². The normalized spacial score (nSPS) is 26.7. The molecule has 1 aromatic rings. The van der Waals surface area contributed by atoms with Gasteiger partial charge < -0.3 is 10.1 Å². The number of nitrogens with zero attached hydrogens (tertiary/aromatic N) is 1. The topological polar surface area (TPSA) is 45.0 Å². The van der Waals surface area contributed by atoms with Crippen LogP contribution in [0.5, 0.6) is 0 Å². The highest BCUT2D eigenvalue weighted by Crippen LogP contribution is 2.29. The Morgan fingerprint density at radius 3 is 2.79 bits per heavy atom. The van der Waals surface area contributed by atoms with Crippen molar-refractivity contribution in [2.75, 3.05) is 11.9 Å². The van der Waals surface area contributed by atoms with Crippen LogP contribution in [0.15, 0.2) is 24.3 Å². The maximum atomic E-state index is 8.66. The van der Waals surface area contributed by atoms with E-state index in [1.165, 1.54) is 0 Å². The maximum Gasteiger partial charge on any atom is 0.0671 e. The summed E-state index contributed by atoms with van der Waals surface area (Å²) in [6.07, 6.45) is 3.62. The van der Waals surface area contributed by atoms with Crippen LogP contribution < -0.4 is 5.32 Å². The third-order valence-electron chi connectivity index (χ3n) is 3.95. The van der Waals surface area contributed by atoms with Gasteiger partial charge in [0.1, 0.15) is 0 Å². The lowest BCUT2D eigenvalue weighted by Crippen LogP contribution is -2.41.